The van der Waals surface area contributed by atoms with E-state index in [4.69, 9.17) is 4.18 Å². The number of aryl methyl sites for hydroxylation is 1. The molecule has 0 radical (unpaired) electrons. The average molecular weight is 264 g/mol. The van der Waals surface area contributed by atoms with Crippen molar-refractivity contribution in [2.24, 2.45) is 0 Å². The van der Waals surface area contributed by atoms with Crippen LogP contribution in [0.2, 0.25) is 0 Å². The number of fused-ring (bicyclic) bond motifs is 1. The lowest BCUT2D eigenvalue weighted by Crippen LogP contribution is -2.10. The number of hydrogen-bond donors (Lipinski definition) is 0. The second kappa shape index (κ2) is 4.37. The van der Waals surface area contributed by atoms with Crippen molar-refractivity contribution in [1.29, 1.82) is 0 Å². The fourth-order valence-corrected chi connectivity index (χ4v) is 4.31. The highest BCUT2D eigenvalue weighted by molar-refractivity contribution is 7.79. The highest BCUT2D eigenvalue weighted by Crippen LogP contribution is 2.39. The molecular formula is C13H12O2S2. The smallest absolute Gasteiger partial charge is 0.160 e. The lowest BCUT2D eigenvalue weighted by molar-refractivity contribution is 0.329. The van der Waals surface area contributed by atoms with Gasteiger partial charge in [-0.3, -0.25) is 4.18 Å². The van der Waals surface area contributed by atoms with E-state index in [0.717, 1.165) is 0 Å². The molecule has 1 aliphatic rings. The van der Waals surface area contributed by atoms with Crippen molar-refractivity contribution < 1.29 is 8.39 Å². The molecule has 1 aromatic heterocycles. The van der Waals surface area contributed by atoms with E-state index in [9.17, 15) is 4.21 Å². The lowest BCUT2D eigenvalue weighted by Gasteiger charge is -2.13. The molecular weight excluding hydrogens is 252 g/mol. The first kappa shape index (κ1) is 11.1. The Morgan fingerprint density at radius 3 is 2.76 bits per heavy atom. The predicted octanol–water partition coefficient (Wildman–Crippen LogP) is 3.42. The molecule has 17 heavy (non-hydrogen) atoms. The molecule has 1 aromatic carbocycles. The van der Waals surface area contributed by atoms with E-state index in [1.54, 1.807) is 11.3 Å². The van der Waals surface area contributed by atoms with E-state index in [0.29, 0.717) is 12.4 Å². The number of thiophene rings is 1. The van der Waals surface area contributed by atoms with Crippen LogP contribution in [-0.2, 0) is 27.6 Å². The molecule has 0 saturated carbocycles. The van der Waals surface area contributed by atoms with E-state index >= 15 is 0 Å². The molecule has 0 spiro atoms. The molecule has 1 atom stereocenters. The summed E-state index contributed by atoms with van der Waals surface area (Å²) in [6.07, 6.45) is 0. The minimum Gasteiger partial charge on any atom is -0.285 e. The van der Waals surface area contributed by atoms with Gasteiger partial charge in [0.1, 0.15) is 0 Å². The number of hydrogen-bond acceptors (Lipinski definition) is 3. The summed E-state index contributed by atoms with van der Waals surface area (Å²) in [5.41, 5.74) is 3.66. The first-order valence-electron chi connectivity index (χ1n) is 5.44. The number of rotatable bonds is 1. The molecule has 2 heterocycles. The van der Waals surface area contributed by atoms with Crippen molar-refractivity contribution in [3.05, 3.63) is 46.3 Å². The van der Waals surface area contributed by atoms with Crippen LogP contribution in [-0.4, -0.2) is 4.21 Å². The summed E-state index contributed by atoms with van der Waals surface area (Å²) in [7, 11) is 0. The Morgan fingerprint density at radius 2 is 2.00 bits per heavy atom. The molecule has 2 nitrogen and oxygen atoms in total. The first-order valence-corrected chi connectivity index (χ1v) is 7.50. The second-order valence-electron chi connectivity index (χ2n) is 4.02. The third kappa shape index (κ3) is 1.97. The Labute approximate surface area is 107 Å². The maximum atomic E-state index is 11.4. The van der Waals surface area contributed by atoms with Gasteiger partial charge in [0.15, 0.2) is 11.1 Å². The van der Waals surface area contributed by atoms with Gasteiger partial charge in [0.25, 0.3) is 0 Å². The van der Waals surface area contributed by atoms with Crippen LogP contribution in [0.25, 0.3) is 10.4 Å². The van der Waals surface area contributed by atoms with Crippen molar-refractivity contribution in [3.8, 4) is 10.4 Å². The van der Waals surface area contributed by atoms with E-state index < -0.39 is 11.1 Å². The topological polar surface area (TPSA) is 26.3 Å². The van der Waals surface area contributed by atoms with Gasteiger partial charge in [-0.15, -0.1) is 11.3 Å². The Bertz CT molecular complexity index is 573. The van der Waals surface area contributed by atoms with Crippen LogP contribution in [0.3, 0.4) is 0 Å². The molecule has 0 N–H and O–H groups in total. The van der Waals surface area contributed by atoms with E-state index in [1.807, 2.05) is 18.2 Å². The molecule has 2 aromatic rings. The van der Waals surface area contributed by atoms with Crippen LogP contribution in [0.5, 0.6) is 0 Å². The third-order valence-corrected chi connectivity index (χ3v) is 5.10. The fourth-order valence-electron chi connectivity index (χ4n) is 2.07. The van der Waals surface area contributed by atoms with Gasteiger partial charge < -0.3 is 0 Å². The van der Waals surface area contributed by atoms with Crippen LogP contribution >= 0.6 is 11.3 Å². The molecule has 3 rings (SSSR count). The lowest BCUT2D eigenvalue weighted by atomic mass is 10.1. The van der Waals surface area contributed by atoms with Crippen LogP contribution in [0.15, 0.2) is 30.3 Å². The maximum Gasteiger partial charge on any atom is 0.160 e. The van der Waals surface area contributed by atoms with Gasteiger partial charge in [-0.05, 0) is 18.1 Å². The summed E-state index contributed by atoms with van der Waals surface area (Å²) in [5.74, 6) is 0.532. The molecule has 4 heteroatoms. The van der Waals surface area contributed by atoms with Crippen molar-refractivity contribution in [3.63, 3.8) is 0 Å². The zero-order chi connectivity index (χ0) is 11.8. The SMILES string of the molecule is Cc1sc(-c2ccccc2)c2c1CS(=O)OC2. The van der Waals surface area contributed by atoms with Crippen LogP contribution in [0.4, 0.5) is 0 Å². The molecule has 0 amide bonds. The third-order valence-electron chi connectivity index (χ3n) is 2.95. The van der Waals surface area contributed by atoms with Crippen LogP contribution in [0.1, 0.15) is 16.0 Å². The molecule has 0 fully saturated rings. The van der Waals surface area contributed by atoms with Gasteiger partial charge in [-0.2, -0.15) is 0 Å². The van der Waals surface area contributed by atoms with Crippen molar-refractivity contribution in [2.45, 2.75) is 19.3 Å². The summed E-state index contributed by atoms with van der Waals surface area (Å²) >= 11 is 0.623. The molecule has 1 aliphatic heterocycles. The van der Waals surface area contributed by atoms with Gasteiger partial charge in [0, 0.05) is 15.3 Å². The highest BCUT2D eigenvalue weighted by Gasteiger charge is 2.23. The minimum atomic E-state index is -1.15. The van der Waals surface area contributed by atoms with Crippen molar-refractivity contribution >= 4 is 22.4 Å². The molecule has 88 valence electrons. The summed E-state index contributed by atoms with van der Waals surface area (Å²) in [6, 6.07) is 10.3. The minimum absolute atomic E-state index is 0.469. The van der Waals surface area contributed by atoms with Gasteiger partial charge in [-0.25, -0.2) is 4.21 Å². The first-order chi connectivity index (χ1) is 8.25. The zero-order valence-corrected chi connectivity index (χ0v) is 11.1. The summed E-state index contributed by atoms with van der Waals surface area (Å²) < 4.78 is 16.7. The van der Waals surface area contributed by atoms with Crippen LogP contribution in [0, 0.1) is 6.92 Å². The van der Waals surface area contributed by atoms with Gasteiger partial charge in [-0.1, -0.05) is 30.3 Å². The highest BCUT2D eigenvalue weighted by atomic mass is 32.2. The normalized spacial score (nSPS) is 19.0. The largest absolute Gasteiger partial charge is 0.285 e. The summed E-state index contributed by atoms with van der Waals surface area (Å²) in [4.78, 5) is 2.52. The molecule has 0 saturated heterocycles. The monoisotopic (exact) mass is 264 g/mol. The predicted molar refractivity (Wildman–Crippen MR) is 71.1 cm³/mol. The second-order valence-corrected chi connectivity index (χ2v) is 6.38. The molecule has 1 unspecified atom stereocenters. The average Bonchev–Trinajstić information content (AvgIpc) is 2.68. The Morgan fingerprint density at radius 1 is 1.24 bits per heavy atom. The Hall–Kier alpha value is -0.970. The standard InChI is InChI=1S/C13H12O2S2/c1-9-12-8-17(14)15-7-11(12)13(16-9)10-5-3-2-4-6-10/h2-6H,7-8H2,1H3. The van der Waals surface area contributed by atoms with E-state index in [-0.39, 0.29) is 0 Å². The fraction of sp³-hybridized carbons (Fsp3) is 0.231. The number of benzene rings is 1. The Kier molecular flexibility index (Phi) is 2.86. The quantitative estimate of drug-likeness (QED) is 0.789. The van der Waals surface area contributed by atoms with Crippen molar-refractivity contribution in [1.82, 2.24) is 0 Å². The summed E-state index contributed by atoms with van der Waals surface area (Å²) in [6.45, 7) is 2.56. The van der Waals surface area contributed by atoms with E-state index in [2.05, 4.69) is 19.1 Å². The summed E-state index contributed by atoms with van der Waals surface area (Å²) in [5, 5.41) is 0. The van der Waals surface area contributed by atoms with Gasteiger partial charge in [0.05, 0.1) is 12.4 Å². The zero-order valence-electron chi connectivity index (χ0n) is 9.43. The Balaban J connectivity index is 2.14. The van der Waals surface area contributed by atoms with Crippen molar-refractivity contribution in [2.75, 3.05) is 0 Å². The van der Waals surface area contributed by atoms with Gasteiger partial charge in [0.2, 0.25) is 0 Å². The molecule has 0 aliphatic carbocycles. The van der Waals surface area contributed by atoms with Crippen LogP contribution < -0.4 is 0 Å². The maximum absolute atomic E-state index is 11.4. The molecule has 0 bridgehead atoms. The van der Waals surface area contributed by atoms with E-state index in [1.165, 1.54) is 26.4 Å². The van der Waals surface area contributed by atoms with Gasteiger partial charge >= 0.3 is 0 Å².